The predicted octanol–water partition coefficient (Wildman–Crippen LogP) is 1.21. The first-order valence-electron chi connectivity index (χ1n) is 13.5. The zero-order valence-electron chi connectivity index (χ0n) is 23.1. The average Bonchev–Trinajstić information content (AvgIpc) is 3.75. The number of aromatic nitrogens is 7. The number of rotatable bonds is 2. The topological polar surface area (TPSA) is 233 Å². The van der Waals surface area contributed by atoms with Crippen LogP contribution >= 0.6 is 25.0 Å². The van der Waals surface area contributed by atoms with Gasteiger partial charge in [0.2, 0.25) is 12.4 Å². The third-order valence-electron chi connectivity index (χ3n) is 7.58. The Balaban J connectivity index is 1.20. The van der Waals surface area contributed by atoms with E-state index in [9.17, 15) is 14.6 Å². The van der Waals surface area contributed by atoms with Gasteiger partial charge in [-0.3, -0.25) is 14.3 Å². The molecule has 3 fully saturated rings. The number of alkyl halides is 2. The number of H-pyrrole nitrogens is 1. The molecule has 0 amide bonds. The lowest BCUT2D eigenvalue weighted by atomic mass is 10.1. The fourth-order valence-corrected chi connectivity index (χ4v) is 9.68. The van der Waals surface area contributed by atoms with E-state index in [2.05, 4.69) is 25.3 Å². The summed E-state index contributed by atoms with van der Waals surface area (Å²) in [6, 6.07) is 3.25. The largest absolute Gasteiger partial charge is 0.398 e. The fourth-order valence-electron chi connectivity index (χ4n) is 5.46. The van der Waals surface area contributed by atoms with Crippen LogP contribution in [0.4, 0.5) is 20.4 Å². The Labute approximate surface area is 271 Å². The molecule has 0 saturated carbocycles. The summed E-state index contributed by atoms with van der Waals surface area (Å²) in [6.45, 7) is -9.03. The minimum Gasteiger partial charge on any atom is -0.398 e. The number of ether oxygens (including phenoxy) is 2. The van der Waals surface area contributed by atoms with E-state index in [1.807, 2.05) is 0 Å². The zero-order valence-corrected chi connectivity index (χ0v) is 27.3. The van der Waals surface area contributed by atoms with Crippen molar-refractivity contribution >= 4 is 82.4 Å². The number of halogens is 2. The molecule has 0 aromatic carbocycles. The van der Waals surface area contributed by atoms with Gasteiger partial charge < -0.3 is 44.3 Å². The third kappa shape index (κ3) is 5.88. The van der Waals surface area contributed by atoms with Crippen LogP contribution in [0.3, 0.4) is 0 Å². The van der Waals surface area contributed by atoms with E-state index in [1.54, 1.807) is 18.3 Å². The van der Waals surface area contributed by atoms with Crippen LogP contribution in [0.5, 0.6) is 0 Å². The first-order valence-corrected chi connectivity index (χ1v) is 19.9. The first-order chi connectivity index (χ1) is 21.8. The molecule has 0 aliphatic carbocycles. The van der Waals surface area contributed by atoms with E-state index < -0.39 is 85.8 Å². The number of nitrogens with zero attached hydrogens (tertiary/aromatic N) is 6. The van der Waals surface area contributed by atoms with Crippen molar-refractivity contribution in [1.29, 1.82) is 0 Å². The molecule has 17 nitrogen and oxygen atoms in total. The van der Waals surface area contributed by atoms with Crippen LogP contribution in [0.25, 0.3) is 22.2 Å². The number of nitrogens with one attached hydrogen (secondary N) is 1. The van der Waals surface area contributed by atoms with E-state index in [1.165, 1.54) is 10.8 Å². The summed E-state index contributed by atoms with van der Waals surface area (Å²) in [5, 5.41) is 6.17. The van der Waals surface area contributed by atoms with E-state index >= 15 is 8.78 Å². The van der Waals surface area contributed by atoms with Gasteiger partial charge in [-0.1, -0.05) is 5.21 Å². The van der Waals surface area contributed by atoms with Crippen molar-refractivity contribution < 1.29 is 41.6 Å². The average molecular weight is 740 g/mol. The van der Waals surface area contributed by atoms with E-state index in [0.29, 0.717) is 16.7 Å². The summed E-state index contributed by atoms with van der Waals surface area (Å²) in [4.78, 5) is 45.0. The number of fused-ring (bicyclic) bond motifs is 5. The molecule has 7 heterocycles. The van der Waals surface area contributed by atoms with Gasteiger partial charge in [-0.25, -0.2) is 18.4 Å². The Morgan fingerprint density at radius 2 is 1.91 bits per heavy atom. The van der Waals surface area contributed by atoms with Crippen molar-refractivity contribution in [3.63, 3.8) is 0 Å². The molecule has 10 atom stereocenters. The molecular formula is C22H25F2N9O8P2S3. The lowest BCUT2D eigenvalue weighted by Gasteiger charge is -2.28. The van der Waals surface area contributed by atoms with Gasteiger partial charge in [0.25, 0.3) is 5.56 Å². The zero-order chi connectivity index (χ0) is 32.5. The number of hydrogen-bond donors (Lipinski definition) is 5. The lowest BCUT2D eigenvalue weighted by Crippen LogP contribution is -2.36. The van der Waals surface area contributed by atoms with Crippen LogP contribution in [0, 0.1) is 0 Å². The molecule has 7 rings (SSSR count). The van der Waals surface area contributed by atoms with Crippen molar-refractivity contribution in [3.8, 4) is 0 Å². The van der Waals surface area contributed by atoms with Crippen molar-refractivity contribution in [1.82, 2.24) is 34.5 Å². The summed E-state index contributed by atoms with van der Waals surface area (Å²) in [5.41, 5.74) is 11.6. The predicted molar refractivity (Wildman–Crippen MR) is 168 cm³/mol. The molecule has 24 heteroatoms. The molecule has 248 valence electrons. The summed E-state index contributed by atoms with van der Waals surface area (Å²) < 4.78 is 63.2. The summed E-state index contributed by atoms with van der Waals surface area (Å²) in [5.74, 6) is -0.240. The molecule has 0 radical (unpaired) electrons. The molecular weight excluding hydrogens is 714 g/mol. The summed E-state index contributed by atoms with van der Waals surface area (Å²) in [6.07, 6.45) is -6.74. The summed E-state index contributed by atoms with van der Waals surface area (Å²) in [7, 11) is 0. The maximum Gasteiger partial charge on any atom is 0.325 e. The highest BCUT2D eigenvalue weighted by Gasteiger charge is 2.52. The van der Waals surface area contributed by atoms with Crippen LogP contribution in [0.15, 0.2) is 29.3 Å². The maximum atomic E-state index is 16.1. The molecule has 7 N–H and O–H groups in total. The molecule has 3 aliphatic heterocycles. The van der Waals surface area contributed by atoms with Crippen LogP contribution in [-0.2, 0) is 46.7 Å². The van der Waals surface area contributed by atoms with Crippen molar-refractivity contribution in [3.05, 3.63) is 34.9 Å². The van der Waals surface area contributed by atoms with E-state index in [4.69, 9.17) is 58.1 Å². The Bertz CT molecular complexity index is 1970. The van der Waals surface area contributed by atoms with Crippen LogP contribution < -0.4 is 17.0 Å². The molecule has 0 spiro atoms. The highest BCUT2D eigenvalue weighted by Crippen LogP contribution is 2.56. The molecule has 4 aromatic heterocycles. The molecule has 2 unspecified atom stereocenters. The lowest BCUT2D eigenvalue weighted by molar-refractivity contribution is -0.0554. The number of pyridine rings is 1. The molecule has 3 aliphatic rings. The van der Waals surface area contributed by atoms with Gasteiger partial charge in [-0.05, 0) is 35.7 Å². The third-order valence-corrected chi connectivity index (χ3v) is 12.3. The summed E-state index contributed by atoms with van der Waals surface area (Å²) >= 11 is 11.4. The standard InChI is InChI=1S/C22H25F2N9O8P2S3/c23-12-11-6-38-42(35,44)7-37-15-10(40-20(13(15)24)32-4-2-8-9(25)1-3-27-17(8)32)5-39-43(36,45)41-16(12)21(46-11)33-18-14(30-31-33)19(34)29-22(26)28-18/h1-4,10-13,15-16,20-21H,5-7H2,(H2,25,27)(H,35,44)(H,36,45)(H3,26,28,29,34)/t10-,11-,12-,13+,15-,16-,20-,21-,42?,43?/m1/s1. The molecule has 3 saturated heterocycles. The highest BCUT2D eigenvalue weighted by atomic mass is 32.5. The van der Waals surface area contributed by atoms with Gasteiger partial charge in [0.05, 0.1) is 18.5 Å². The normalized spacial score (nSPS) is 37.4. The number of thioether (sulfide) groups is 1. The van der Waals surface area contributed by atoms with E-state index in [-0.39, 0.29) is 17.1 Å². The van der Waals surface area contributed by atoms with Gasteiger partial charge in [-0.15, -0.1) is 16.9 Å². The monoisotopic (exact) mass is 739 g/mol. The van der Waals surface area contributed by atoms with Gasteiger partial charge in [0.1, 0.15) is 41.9 Å². The van der Waals surface area contributed by atoms with Gasteiger partial charge in [0, 0.05) is 23.5 Å². The Morgan fingerprint density at radius 1 is 1.11 bits per heavy atom. The maximum absolute atomic E-state index is 16.1. The second-order valence-electron chi connectivity index (χ2n) is 10.6. The number of anilines is 2. The second-order valence-corrected chi connectivity index (χ2v) is 18.2. The number of aromatic amines is 1. The first kappa shape index (κ1) is 32.4. The van der Waals surface area contributed by atoms with Crippen molar-refractivity contribution in [2.24, 2.45) is 0 Å². The Hall–Kier alpha value is -2.20. The van der Waals surface area contributed by atoms with Crippen LogP contribution in [-0.4, -0.2) is 99.8 Å². The number of nitrogens with two attached hydrogens (primary N) is 2. The Kier molecular flexibility index (Phi) is 8.47. The van der Waals surface area contributed by atoms with Crippen molar-refractivity contribution in [2.75, 3.05) is 31.0 Å². The highest BCUT2D eigenvalue weighted by molar-refractivity contribution is 8.09. The van der Waals surface area contributed by atoms with Gasteiger partial charge in [-0.2, -0.15) is 4.98 Å². The minimum atomic E-state index is -4.28. The number of hydrogen-bond acceptors (Lipinski definition) is 15. The minimum absolute atomic E-state index is 0.0807. The van der Waals surface area contributed by atoms with Crippen molar-refractivity contribution in [2.45, 2.75) is 47.5 Å². The molecule has 2 bridgehead atoms. The quantitative estimate of drug-likeness (QED) is 0.182. The van der Waals surface area contributed by atoms with Crippen LogP contribution in [0.1, 0.15) is 11.6 Å². The SMILES string of the molecule is Nc1nc2c(nnn2[C@@H]2S[C@@H]3COP(O)(=S)CO[C@H]4[C@H](F)[C@H](n5ccc6c(N)ccnc65)O[C@@H]4COP(O)(=S)O[C@@H]2[C@@H]3F)c(=O)[nH]1. The number of nitrogen functional groups attached to an aromatic ring is 2. The van der Waals surface area contributed by atoms with Gasteiger partial charge in [0.15, 0.2) is 23.6 Å². The smallest absolute Gasteiger partial charge is 0.325 e. The van der Waals surface area contributed by atoms with Gasteiger partial charge >= 0.3 is 6.72 Å². The fraction of sp³-hybridized carbons (Fsp3) is 0.500. The second kappa shape index (κ2) is 12.0. The van der Waals surface area contributed by atoms with E-state index in [0.717, 1.165) is 16.4 Å². The molecule has 46 heavy (non-hydrogen) atoms. The van der Waals surface area contributed by atoms with Crippen LogP contribution in [0.2, 0.25) is 0 Å². The Morgan fingerprint density at radius 3 is 2.72 bits per heavy atom. The molecule has 4 aromatic rings.